The van der Waals surface area contributed by atoms with E-state index >= 15 is 0 Å². The third-order valence-corrected chi connectivity index (χ3v) is 5.21. The Morgan fingerprint density at radius 1 is 1.42 bits per heavy atom. The maximum atomic E-state index is 12.5. The minimum atomic E-state index is -0.853. The number of β-amino-alcohol motifs (C(OH)–C–C–N with tert-alkyl or cyclic N) is 1. The Morgan fingerprint density at radius 2 is 2.23 bits per heavy atom. The van der Waals surface area contributed by atoms with Crippen molar-refractivity contribution in [1.82, 2.24) is 20.2 Å². The smallest absolute Gasteiger partial charge is 0.251 e. The molecule has 1 amide bonds. The minimum Gasteiger partial charge on any atom is -0.387 e. The topological polar surface area (TPSA) is 91.7 Å². The Bertz CT molecular complexity index is 807. The average Bonchev–Trinajstić information content (AvgIpc) is 3.24. The highest BCUT2D eigenvalue weighted by Gasteiger charge is 2.31. The van der Waals surface area contributed by atoms with Crippen LogP contribution in [-0.4, -0.2) is 72.1 Å². The van der Waals surface area contributed by atoms with E-state index in [0.717, 1.165) is 36.6 Å². The van der Waals surface area contributed by atoms with E-state index in [1.165, 1.54) is 0 Å². The second-order valence-electron chi connectivity index (χ2n) is 7.11. The predicted molar refractivity (Wildman–Crippen MR) is 98.5 cm³/mol. The van der Waals surface area contributed by atoms with E-state index in [2.05, 4.69) is 20.1 Å². The summed E-state index contributed by atoms with van der Waals surface area (Å²) < 4.78 is 7.46. The average molecular weight is 359 g/mol. The van der Waals surface area contributed by atoms with Crippen molar-refractivity contribution >= 4 is 22.9 Å². The number of rotatable bonds is 4. The SMILES string of the molecule is Cn1c(N2CCOCC2)nc2cc(C(=O)NC[C@]3(O)CCNC3)ccc21. The van der Waals surface area contributed by atoms with E-state index < -0.39 is 5.60 Å². The van der Waals surface area contributed by atoms with Gasteiger partial charge in [-0.2, -0.15) is 0 Å². The van der Waals surface area contributed by atoms with Crippen LogP contribution in [0.4, 0.5) is 5.95 Å². The Hall–Kier alpha value is -2.16. The molecular weight excluding hydrogens is 334 g/mol. The summed E-state index contributed by atoms with van der Waals surface area (Å²) in [6.45, 7) is 4.57. The van der Waals surface area contributed by atoms with Gasteiger partial charge in [0, 0.05) is 38.8 Å². The first-order valence-electron chi connectivity index (χ1n) is 9.06. The number of aromatic nitrogens is 2. The van der Waals surface area contributed by atoms with Gasteiger partial charge in [-0.3, -0.25) is 4.79 Å². The standard InChI is InChI=1S/C18H25N5O3/c1-22-15-3-2-13(16(24)20-12-18(25)4-5-19-11-18)10-14(15)21-17(22)23-6-8-26-9-7-23/h2-3,10,19,25H,4-9,11-12H2,1H3,(H,20,24)/t18-/m0/s1. The van der Waals surface area contributed by atoms with Gasteiger partial charge in [0.1, 0.15) is 0 Å². The zero-order valence-electron chi connectivity index (χ0n) is 15.0. The number of hydrogen-bond acceptors (Lipinski definition) is 6. The van der Waals surface area contributed by atoms with Gasteiger partial charge in [-0.05, 0) is 31.2 Å². The molecule has 8 nitrogen and oxygen atoms in total. The molecule has 0 bridgehead atoms. The van der Waals surface area contributed by atoms with Crippen LogP contribution in [0.25, 0.3) is 11.0 Å². The summed E-state index contributed by atoms with van der Waals surface area (Å²) >= 11 is 0. The van der Waals surface area contributed by atoms with E-state index in [1.54, 1.807) is 6.07 Å². The highest BCUT2D eigenvalue weighted by atomic mass is 16.5. The lowest BCUT2D eigenvalue weighted by Gasteiger charge is -2.27. The van der Waals surface area contributed by atoms with Crippen molar-refractivity contribution in [2.24, 2.45) is 7.05 Å². The highest BCUT2D eigenvalue weighted by molar-refractivity contribution is 5.97. The number of hydrogen-bond donors (Lipinski definition) is 3. The van der Waals surface area contributed by atoms with Gasteiger partial charge in [0.05, 0.1) is 29.8 Å². The van der Waals surface area contributed by atoms with Crippen molar-refractivity contribution in [3.05, 3.63) is 23.8 Å². The zero-order chi connectivity index (χ0) is 18.1. The third kappa shape index (κ3) is 3.27. The number of aryl methyl sites for hydroxylation is 1. The molecule has 1 aromatic heterocycles. The van der Waals surface area contributed by atoms with Crippen LogP contribution in [0.1, 0.15) is 16.8 Å². The molecule has 8 heteroatoms. The number of benzene rings is 1. The number of imidazole rings is 1. The van der Waals surface area contributed by atoms with Gasteiger partial charge in [-0.25, -0.2) is 4.98 Å². The number of amides is 1. The molecule has 1 atom stereocenters. The summed E-state index contributed by atoms with van der Waals surface area (Å²) in [5.74, 6) is 0.706. The van der Waals surface area contributed by atoms with Crippen molar-refractivity contribution in [2.75, 3.05) is 50.8 Å². The van der Waals surface area contributed by atoms with Crippen LogP contribution in [0, 0.1) is 0 Å². The summed E-state index contributed by atoms with van der Waals surface area (Å²) in [7, 11) is 1.99. The molecule has 1 aromatic carbocycles. The molecule has 0 saturated carbocycles. The molecular formula is C18H25N5O3. The summed E-state index contributed by atoms with van der Waals surface area (Å²) in [5, 5.41) is 16.3. The number of anilines is 1. The number of carbonyl (C=O) groups excluding carboxylic acids is 1. The van der Waals surface area contributed by atoms with Crippen molar-refractivity contribution in [3.8, 4) is 0 Å². The van der Waals surface area contributed by atoms with Crippen LogP contribution >= 0.6 is 0 Å². The van der Waals surface area contributed by atoms with Gasteiger partial charge in [0.25, 0.3) is 5.91 Å². The maximum Gasteiger partial charge on any atom is 0.251 e. The molecule has 3 heterocycles. The predicted octanol–water partition coefficient (Wildman–Crippen LogP) is -0.136. The second-order valence-corrected chi connectivity index (χ2v) is 7.11. The highest BCUT2D eigenvalue weighted by Crippen LogP contribution is 2.23. The number of nitrogens with one attached hydrogen (secondary N) is 2. The van der Waals surface area contributed by atoms with Crippen molar-refractivity contribution in [3.63, 3.8) is 0 Å². The number of ether oxygens (including phenoxy) is 1. The van der Waals surface area contributed by atoms with Crippen LogP contribution in [0.15, 0.2) is 18.2 Å². The molecule has 2 fully saturated rings. The fourth-order valence-corrected chi connectivity index (χ4v) is 3.60. The van der Waals surface area contributed by atoms with Gasteiger partial charge >= 0.3 is 0 Å². The van der Waals surface area contributed by atoms with Crippen LogP contribution in [-0.2, 0) is 11.8 Å². The maximum absolute atomic E-state index is 12.5. The Labute approximate surface area is 152 Å². The number of nitrogens with zero attached hydrogens (tertiary/aromatic N) is 3. The molecule has 4 rings (SSSR count). The summed E-state index contributed by atoms with van der Waals surface area (Å²) in [5.41, 5.74) is 1.48. The molecule has 0 spiro atoms. The van der Waals surface area contributed by atoms with Gasteiger partial charge in [-0.1, -0.05) is 0 Å². The summed E-state index contributed by atoms with van der Waals surface area (Å²) in [4.78, 5) is 19.4. The molecule has 2 aromatic rings. The largest absolute Gasteiger partial charge is 0.387 e. The molecule has 26 heavy (non-hydrogen) atoms. The molecule has 2 aliphatic rings. The lowest BCUT2D eigenvalue weighted by Crippen LogP contribution is -2.44. The summed E-state index contributed by atoms with van der Waals surface area (Å²) in [6, 6.07) is 5.54. The third-order valence-electron chi connectivity index (χ3n) is 5.21. The molecule has 0 unspecified atom stereocenters. The quantitative estimate of drug-likeness (QED) is 0.704. The van der Waals surface area contributed by atoms with Crippen molar-refractivity contribution < 1.29 is 14.6 Å². The normalized spacial score (nSPS) is 23.5. The lowest BCUT2D eigenvalue weighted by atomic mass is 10.0. The molecule has 0 aliphatic carbocycles. The van der Waals surface area contributed by atoms with E-state index in [-0.39, 0.29) is 12.5 Å². The first kappa shape index (κ1) is 17.3. The van der Waals surface area contributed by atoms with E-state index in [4.69, 9.17) is 9.72 Å². The van der Waals surface area contributed by atoms with Crippen molar-refractivity contribution in [2.45, 2.75) is 12.0 Å². The number of carbonyl (C=O) groups is 1. The van der Waals surface area contributed by atoms with Crippen LogP contribution in [0.3, 0.4) is 0 Å². The van der Waals surface area contributed by atoms with Crippen LogP contribution in [0.5, 0.6) is 0 Å². The number of aliphatic hydroxyl groups is 1. The number of morpholine rings is 1. The zero-order valence-corrected chi connectivity index (χ0v) is 15.0. The van der Waals surface area contributed by atoms with Gasteiger partial charge < -0.3 is 29.9 Å². The fraction of sp³-hybridized carbons (Fsp3) is 0.556. The molecule has 3 N–H and O–H groups in total. The number of fused-ring (bicyclic) bond motifs is 1. The molecule has 2 aliphatic heterocycles. The molecule has 2 saturated heterocycles. The second kappa shape index (κ2) is 6.86. The Kier molecular flexibility index (Phi) is 4.56. The summed E-state index contributed by atoms with van der Waals surface area (Å²) in [6.07, 6.45) is 0.648. The molecule has 140 valence electrons. The van der Waals surface area contributed by atoms with Gasteiger partial charge in [0.2, 0.25) is 5.95 Å². The van der Waals surface area contributed by atoms with Gasteiger partial charge in [-0.15, -0.1) is 0 Å². The monoisotopic (exact) mass is 359 g/mol. The van der Waals surface area contributed by atoms with E-state index in [1.807, 2.05) is 19.2 Å². The molecule has 0 radical (unpaired) electrons. The van der Waals surface area contributed by atoms with Gasteiger partial charge in [0.15, 0.2) is 0 Å². The van der Waals surface area contributed by atoms with Crippen LogP contribution < -0.4 is 15.5 Å². The lowest BCUT2D eigenvalue weighted by molar-refractivity contribution is 0.0562. The van der Waals surface area contributed by atoms with E-state index in [9.17, 15) is 9.90 Å². The minimum absolute atomic E-state index is 0.189. The van der Waals surface area contributed by atoms with E-state index in [0.29, 0.717) is 31.7 Å². The first-order chi connectivity index (χ1) is 12.6. The Morgan fingerprint density at radius 3 is 2.96 bits per heavy atom. The fourth-order valence-electron chi connectivity index (χ4n) is 3.60. The Balaban J connectivity index is 1.52. The van der Waals surface area contributed by atoms with Crippen molar-refractivity contribution in [1.29, 1.82) is 0 Å². The van der Waals surface area contributed by atoms with Crippen LogP contribution in [0.2, 0.25) is 0 Å². The first-order valence-corrected chi connectivity index (χ1v) is 9.06.